The molecule has 6 heteroatoms. The number of benzene rings is 1. The first-order valence-corrected chi connectivity index (χ1v) is 7.43. The van der Waals surface area contributed by atoms with E-state index in [-0.39, 0.29) is 12.8 Å². The first-order chi connectivity index (χ1) is 11.0. The van der Waals surface area contributed by atoms with Gasteiger partial charge in [-0.1, -0.05) is 6.07 Å². The second kappa shape index (κ2) is 6.24. The van der Waals surface area contributed by atoms with Crippen LogP contribution < -0.4 is 9.47 Å². The van der Waals surface area contributed by atoms with Gasteiger partial charge in [0.05, 0.1) is 6.54 Å². The molecule has 23 heavy (non-hydrogen) atoms. The smallest absolute Gasteiger partial charge is 0.320 e. The number of fused-ring (bicyclic) bond motifs is 1. The molecule has 6 nitrogen and oxygen atoms in total. The Morgan fingerprint density at radius 3 is 2.57 bits per heavy atom. The van der Waals surface area contributed by atoms with Crippen molar-refractivity contribution in [1.82, 2.24) is 9.80 Å². The SMILES string of the molecule is Cc1ccc(CN(Cc2ccc3c(c2)OCO3)C(=O)N(C)C)o1. The zero-order chi connectivity index (χ0) is 16.4. The van der Waals surface area contributed by atoms with Crippen LogP contribution >= 0.6 is 0 Å². The predicted molar refractivity (Wildman–Crippen MR) is 84.3 cm³/mol. The Kier molecular flexibility index (Phi) is 4.14. The Morgan fingerprint density at radius 1 is 1.09 bits per heavy atom. The molecule has 0 bridgehead atoms. The number of rotatable bonds is 4. The second-order valence-corrected chi connectivity index (χ2v) is 5.73. The lowest BCUT2D eigenvalue weighted by Gasteiger charge is -2.25. The fourth-order valence-electron chi connectivity index (χ4n) is 2.49. The molecule has 0 aliphatic carbocycles. The lowest BCUT2D eigenvalue weighted by atomic mass is 10.2. The van der Waals surface area contributed by atoms with Gasteiger partial charge in [-0.2, -0.15) is 0 Å². The zero-order valence-corrected chi connectivity index (χ0v) is 13.5. The van der Waals surface area contributed by atoms with Gasteiger partial charge in [0.25, 0.3) is 0 Å². The minimum Gasteiger partial charge on any atom is -0.464 e. The second-order valence-electron chi connectivity index (χ2n) is 5.73. The summed E-state index contributed by atoms with van der Waals surface area (Å²) in [7, 11) is 3.48. The maximum atomic E-state index is 12.4. The highest BCUT2D eigenvalue weighted by Crippen LogP contribution is 2.33. The van der Waals surface area contributed by atoms with E-state index in [0.717, 1.165) is 22.8 Å². The van der Waals surface area contributed by atoms with Crippen LogP contribution in [0.5, 0.6) is 11.5 Å². The summed E-state index contributed by atoms with van der Waals surface area (Å²) >= 11 is 0. The summed E-state index contributed by atoms with van der Waals surface area (Å²) in [4.78, 5) is 15.7. The van der Waals surface area contributed by atoms with Gasteiger partial charge in [-0.15, -0.1) is 0 Å². The summed E-state index contributed by atoms with van der Waals surface area (Å²) in [6.07, 6.45) is 0. The minimum absolute atomic E-state index is 0.0725. The quantitative estimate of drug-likeness (QED) is 0.870. The Bertz CT molecular complexity index is 708. The van der Waals surface area contributed by atoms with Crippen LogP contribution in [0.4, 0.5) is 4.79 Å². The van der Waals surface area contributed by atoms with Gasteiger partial charge < -0.3 is 23.7 Å². The van der Waals surface area contributed by atoms with Crippen molar-refractivity contribution < 1.29 is 18.7 Å². The molecule has 2 amide bonds. The van der Waals surface area contributed by atoms with Crippen LogP contribution in [0.3, 0.4) is 0 Å². The fraction of sp³-hybridized carbons (Fsp3) is 0.353. The number of hydrogen-bond donors (Lipinski definition) is 0. The maximum absolute atomic E-state index is 12.4. The molecule has 3 rings (SSSR count). The van der Waals surface area contributed by atoms with E-state index in [1.807, 2.05) is 37.3 Å². The standard InChI is InChI=1S/C17H20N2O4/c1-12-4-6-14(23-12)10-19(17(20)18(2)3)9-13-5-7-15-16(8-13)22-11-21-15/h4-8H,9-11H2,1-3H3. The summed E-state index contributed by atoms with van der Waals surface area (Å²) in [6, 6.07) is 9.44. The summed E-state index contributed by atoms with van der Waals surface area (Å²) in [6.45, 7) is 3.01. The minimum atomic E-state index is -0.0725. The van der Waals surface area contributed by atoms with Gasteiger partial charge in [-0.05, 0) is 36.8 Å². The van der Waals surface area contributed by atoms with E-state index in [1.54, 1.807) is 23.9 Å². The monoisotopic (exact) mass is 316 g/mol. The summed E-state index contributed by atoms with van der Waals surface area (Å²) in [5.41, 5.74) is 0.979. The lowest BCUT2D eigenvalue weighted by Crippen LogP contribution is -2.38. The molecule has 0 saturated carbocycles. The van der Waals surface area contributed by atoms with Crippen molar-refractivity contribution in [2.45, 2.75) is 20.0 Å². The van der Waals surface area contributed by atoms with Crippen LogP contribution in [0, 0.1) is 6.92 Å². The van der Waals surface area contributed by atoms with E-state index in [9.17, 15) is 4.79 Å². The highest BCUT2D eigenvalue weighted by Gasteiger charge is 2.20. The molecule has 0 atom stereocenters. The normalized spacial score (nSPS) is 12.3. The van der Waals surface area contributed by atoms with Crippen molar-refractivity contribution in [2.24, 2.45) is 0 Å². The number of urea groups is 1. The van der Waals surface area contributed by atoms with Crippen LogP contribution in [0.1, 0.15) is 17.1 Å². The molecule has 2 heterocycles. The molecule has 1 aromatic heterocycles. The average Bonchev–Trinajstić information content (AvgIpc) is 3.14. The van der Waals surface area contributed by atoms with Gasteiger partial charge in [0.15, 0.2) is 11.5 Å². The average molecular weight is 316 g/mol. The van der Waals surface area contributed by atoms with Gasteiger partial charge in [-0.3, -0.25) is 0 Å². The van der Waals surface area contributed by atoms with Crippen molar-refractivity contribution in [2.75, 3.05) is 20.9 Å². The first-order valence-electron chi connectivity index (χ1n) is 7.43. The third-order valence-electron chi connectivity index (χ3n) is 3.61. The van der Waals surface area contributed by atoms with Crippen LogP contribution in [-0.4, -0.2) is 36.7 Å². The lowest BCUT2D eigenvalue weighted by molar-refractivity contribution is 0.160. The third-order valence-corrected chi connectivity index (χ3v) is 3.61. The Morgan fingerprint density at radius 2 is 1.87 bits per heavy atom. The summed E-state index contributed by atoms with van der Waals surface area (Å²) < 4.78 is 16.3. The van der Waals surface area contributed by atoms with Gasteiger partial charge >= 0.3 is 6.03 Å². The molecule has 0 saturated heterocycles. The molecule has 1 aliphatic heterocycles. The number of carbonyl (C=O) groups is 1. The van der Waals surface area contributed by atoms with Gasteiger partial charge in [0.1, 0.15) is 11.5 Å². The van der Waals surface area contributed by atoms with Gasteiger partial charge in [-0.25, -0.2) is 4.79 Å². The molecule has 2 aromatic rings. The van der Waals surface area contributed by atoms with Crippen molar-refractivity contribution in [3.63, 3.8) is 0 Å². The topological polar surface area (TPSA) is 55.2 Å². The first kappa shape index (κ1) is 15.3. The van der Waals surface area contributed by atoms with E-state index in [0.29, 0.717) is 18.8 Å². The number of ether oxygens (including phenoxy) is 2. The molecular formula is C17H20N2O4. The number of amides is 2. The van der Waals surface area contributed by atoms with Crippen molar-refractivity contribution in [3.8, 4) is 11.5 Å². The van der Waals surface area contributed by atoms with Gasteiger partial charge in [0.2, 0.25) is 6.79 Å². The summed E-state index contributed by atoms with van der Waals surface area (Å²) in [5.74, 6) is 3.05. The van der Waals surface area contributed by atoms with Gasteiger partial charge in [0, 0.05) is 20.6 Å². The largest absolute Gasteiger partial charge is 0.464 e. The number of aryl methyl sites for hydroxylation is 1. The number of hydrogen-bond acceptors (Lipinski definition) is 4. The van der Waals surface area contributed by atoms with Crippen LogP contribution in [0.25, 0.3) is 0 Å². The number of carbonyl (C=O) groups excluding carboxylic acids is 1. The van der Waals surface area contributed by atoms with E-state index < -0.39 is 0 Å². The molecule has 122 valence electrons. The maximum Gasteiger partial charge on any atom is 0.320 e. The van der Waals surface area contributed by atoms with Crippen LogP contribution in [0.15, 0.2) is 34.7 Å². The zero-order valence-electron chi connectivity index (χ0n) is 13.5. The molecule has 1 aliphatic rings. The Balaban J connectivity index is 1.79. The van der Waals surface area contributed by atoms with E-state index in [1.165, 1.54) is 0 Å². The molecule has 0 radical (unpaired) electrons. The molecule has 0 N–H and O–H groups in total. The van der Waals surface area contributed by atoms with E-state index in [4.69, 9.17) is 13.9 Å². The van der Waals surface area contributed by atoms with Crippen LogP contribution in [-0.2, 0) is 13.1 Å². The Labute approximate surface area is 135 Å². The van der Waals surface area contributed by atoms with E-state index >= 15 is 0 Å². The highest BCUT2D eigenvalue weighted by atomic mass is 16.7. The predicted octanol–water partition coefficient (Wildman–Crippen LogP) is 3.00. The van der Waals surface area contributed by atoms with Crippen molar-refractivity contribution >= 4 is 6.03 Å². The number of nitrogens with zero attached hydrogens (tertiary/aromatic N) is 2. The fourth-order valence-corrected chi connectivity index (χ4v) is 2.49. The molecule has 0 unspecified atom stereocenters. The molecular weight excluding hydrogens is 296 g/mol. The highest BCUT2D eigenvalue weighted by molar-refractivity contribution is 5.73. The molecule has 0 fully saturated rings. The van der Waals surface area contributed by atoms with Crippen LogP contribution in [0.2, 0.25) is 0 Å². The Hall–Kier alpha value is -2.63. The van der Waals surface area contributed by atoms with E-state index in [2.05, 4.69) is 0 Å². The van der Waals surface area contributed by atoms with Crippen molar-refractivity contribution in [3.05, 3.63) is 47.4 Å². The summed E-state index contributed by atoms with van der Waals surface area (Å²) in [5, 5.41) is 0. The third kappa shape index (κ3) is 3.41. The number of furan rings is 1. The molecule has 1 aromatic carbocycles. The molecule has 0 spiro atoms. The van der Waals surface area contributed by atoms with Crippen molar-refractivity contribution in [1.29, 1.82) is 0 Å².